The summed E-state index contributed by atoms with van der Waals surface area (Å²) >= 11 is 5.89. The second-order valence-electron chi connectivity index (χ2n) is 5.98. The monoisotopic (exact) mass is 362 g/mol. The number of hydrogen-bond acceptors (Lipinski definition) is 3. The first-order valence-corrected chi connectivity index (χ1v) is 8.83. The predicted octanol–water partition coefficient (Wildman–Crippen LogP) is 5.16. The summed E-state index contributed by atoms with van der Waals surface area (Å²) in [5, 5.41) is 20.2. The molecule has 0 saturated heterocycles. The number of carboxylic acid groups (broad SMARTS) is 1. The number of carboxylic acids is 1. The van der Waals surface area contributed by atoms with Gasteiger partial charge < -0.3 is 14.9 Å². The van der Waals surface area contributed by atoms with Gasteiger partial charge in [-0.2, -0.15) is 0 Å². The van der Waals surface area contributed by atoms with Crippen molar-refractivity contribution in [2.24, 2.45) is 0 Å². The van der Waals surface area contributed by atoms with Gasteiger partial charge in [0.1, 0.15) is 11.5 Å². The van der Waals surface area contributed by atoms with E-state index in [0.29, 0.717) is 29.2 Å². The number of aromatic hydroxyl groups is 1. The highest BCUT2D eigenvalue weighted by molar-refractivity contribution is 6.30. The van der Waals surface area contributed by atoms with Gasteiger partial charge in [-0.05, 0) is 48.2 Å². The zero-order valence-corrected chi connectivity index (χ0v) is 15.2. The highest BCUT2D eigenvalue weighted by Crippen LogP contribution is 2.34. The Bertz CT molecular complexity index is 698. The number of hydrogen-bond donors (Lipinski definition) is 2. The van der Waals surface area contributed by atoms with E-state index in [-0.39, 0.29) is 5.75 Å². The van der Waals surface area contributed by atoms with Gasteiger partial charge in [0.15, 0.2) is 0 Å². The fraction of sp³-hybridized carbons (Fsp3) is 0.350. The van der Waals surface area contributed by atoms with E-state index in [2.05, 4.69) is 0 Å². The summed E-state index contributed by atoms with van der Waals surface area (Å²) in [6.07, 6.45) is 2.00. The largest absolute Gasteiger partial charge is 0.508 e. The van der Waals surface area contributed by atoms with Crippen LogP contribution in [0.25, 0.3) is 0 Å². The first-order valence-electron chi connectivity index (χ1n) is 8.45. The second-order valence-corrected chi connectivity index (χ2v) is 6.42. The normalized spacial score (nSPS) is 12.0. The molecule has 1 unspecified atom stereocenters. The summed E-state index contributed by atoms with van der Waals surface area (Å²) in [4.78, 5) is 11.8. The molecule has 1 atom stereocenters. The Labute approximate surface area is 153 Å². The van der Waals surface area contributed by atoms with Crippen molar-refractivity contribution in [3.63, 3.8) is 0 Å². The van der Waals surface area contributed by atoms with Crippen molar-refractivity contribution >= 4 is 17.6 Å². The third-order valence-electron chi connectivity index (χ3n) is 3.90. The summed E-state index contributed by atoms with van der Waals surface area (Å²) in [5.74, 6) is -0.332. The Kier molecular flexibility index (Phi) is 6.71. The van der Waals surface area contributed by atoms with Crippen molar-refractivity contribution < 1.29 is 19.7 Å². The fourth-order valence-corrected chi connectivity index (χ4v) is 2.94. The maximum Gasteiger partial charge on any atom is 0.349 e. The molecular weight excluding hydrogens is 340 g/mol. The smallest absolute Gasteiger partial charge is 0.349 e. The van der Waals surface area contributed by atoms with Gasteiger partial charge in [-0.15, -0.1) is 0 Å². The number of aryl methyl sites for hydroxylation is 2. The molecule has 0 aromatic heterocycles. The molecule has 0 bridgehead atoms. The number of benzene rings is 2. The molecule has 2 aromatic carbocycles. The van der Waals surface area contributed by atoms with Crippen LogP contribution in [0.15, 0.2) is 36.4 Å². The third kappa shape index (κ3) is 4.89. The molecule has 2 aromatic rings. The number of halogens is 1. The minimum absolute atomic E-state index is 0.178. The summed E-state index contributed by atoms with van der Waals surface area (Å²) in [7, 11) is 0. The van der Waals surface area contributed by atoms with E-state index in [1.807, 2.05) is 13.8 Å². The minimum Gasteiger partial charge on any atom is -0.508 e. The van der Waals surface area contributed by atoms with E-state index in [9.17, 15) is 15.0 Å². The molecule has 25 heavy (non-hydrogen) atoms. The Balaban J connectivity index is 2.46. The molecule has 0 fully saturated rings. The van der Waals surface area contributed by atoms with E-state index in [0.717, 1.165) is 24.0 Å². The van der Waals surface area contributed by atoms with E-state index < -0.39 is 12.1 Å². The van der Waals surface area contributed by atoms with Crippen LogP contribution in [0.3, 0.4) is 0 Å². The maximum atomic E-state index is 11.8. The average molecular weight is 363 g/mol. The number of phenols is 1. The lowest BCUT2D eigenvalue weighted by Crippen LogP contribution is -2.19. The SMILES string of the molecule is CCCc1cc(O)cc(CCC)c1OC(C(=O)O)c1ccc(Cl)cc1. The quantitative estimate of drug-likeness (QED) is 0.681. The molecule has 0 heterocycles. The minimum atomic E-state index is -1.13. The summed E-state index contributed by atoms with van der Waals surface area (Å²) < 4.78 is 5.97. The van der Waals surface area contributed by atoms with Crippen LogP contribution in [0.2, 0.25) is 5.02 Å². The van der Waals surface area contributed by atoms with E-state index in [1.54, 1.807) is 36.4 Å². The molecule has 4 nitrogen and oxygen atoms in total. The summed E-state index contributed by atoms with van der Waals surface area (Å²) in [6, 6.07) is 9.90. The molecule has 0 aliphatic heterocycles. The van der Waals surface area contributed by atoms with Gasteiger partial charge in [-0.1, -0.05) is 50.4 Å². The number of phenolic OH excluding ortho intramolecular Hbond substituents is 1. The van der Waals surface area contributed by atoms with Gasteiger partial charge in [0.05, 0.1) is 0 Å². The molecule has 0 aliphatic rings. The van der Waals surface area contributed by atoms with E-state index in [1.165, 1.54) is 0 Å². The van der Waals surface area contributed by atoms with Gasteiger partial charge in [0.25, 0.3) is 0 Å². The highest BCUT2D eigenvalue weighted by atomic mass is 35.5. The van der Waals surface area contributed by atoms with Crippen molar-refractivity contribution in [1.29, 1.82) is 0 Å². The number of carbonyl (C=O) groups is 1. The van der Waals surface area contributed by atoms with Gasteiger partial charge in [0, 0.05) is 10.6 Å². The van der Waals surface area contributed by atoms with E-state index >= 15 is 0 Å². The van der Waals surface area contributed by atoms with E-state index in [4.69, 9.17) is 16.3 Å². The third-order valence-corrected chi connectivity index (χ3v) is 4.15. The van der Waals surface area contributed by atoms with Crippen molar-refractivity contribution in [1.82, 2.24) is 0 Å². The van der Waals surface area contributed by atoms with Crippen LogP contribution >= 0.6 is 11.6 Å². The molecule has 0 aliphatic carbocycles. The van der Waals surface area contributed by atoms with Crippen LogP contribution in [0.5, 0.6) is 11.5 Å². The average Bonchev–Trinajstić information content (AvgIpc) is 2.55. The number of ether oxygens (including phenoxy) is 1. The Morgan fingerprint density at radius 1 is 1.08 bits per heavy atom. The van der Waals surface area contributed by atoms with Gasteiger partial charge in [0.2, 0.25) is 6.10 Å². The predicted molar refractivity (Wildman–Crippen MR) is 98.6 cm³/mol. The van der Waals surface area contributed by atoms with Crippen LogP contribution < -0.4 is 4.74 Å². The first kappa shape index (κ1) is 19.1. The molecular formula is C20H23ClO4. The molecule has 2 N–H and O–H groups in total. The topological polar surface area (TPSA) is 66.8 Å². The maximum absolute atomic E-state index is 11.8. The molecule has 0 saturated carbocycles. The molecule has 134 valence electrons. The van der Waals surface area contributed by atoms with Crippen LogP contribution in [-0.4, -0.2) is 16.2 Å². The Hall–Kier alpha value is -2.20. The van der Waals surface area contributed by atoms with Crippen molar-refractivity contribution in [3.8, 4) is 11.5 Å². The van der Waals surface area contributed by atoms with Gasteiger partial charge in [-0.25, -0.2) is 4.79 Å². The van der Waals surface area contributed by atoms with Crippen molar-refractivity contribution in [3.05, 3.63) is 58.1 Å². The fourth-order valence-electron chi connectivity index (χ4n) is 2.81. The lowest BCUT2D eigenvalue weighted by molar-refractivity contribution is -0.145. The van der Waals surface area contributed by atoms with Crippen LogP contribution in [0, 0.1) is 0 Å². The van der Waals surface area contributed by atoms with Crippen molar-refractivity contribution in [2.45, 2.75) is 45.6 Å². The highest BCUT2D eigenvalue weighted by Gasteiger charge is 2.25. The molecule has 5 heteroatoms. The van der Waals surface area contributed by atoms with Crippen LogP contribution in [0.4, 0.5) is 0 Å². The number of aliphatic carboxylic acids is 1. The Morgan fingerprint density at radius 3 is 2.04 bits per heavy atom. The van der Waals surface area contributed by atoms with Gasteiger partial charge in [-0.3, -0.25) is 0 Å². The Morgan fingerprint density at radius 2 is 1.60 bits per heavy atom. The lowest BCUT2D eigenvalue weighted by atomic mass is 10.0. The first-order chi connectivity index (χ1) is 12.0. The molecule has 0 radical (unpaired) electrons. The molecule has 2 rings (SSSR count). The van der Waals surface area contributed by atoms with Gasteiger partial charge >= 0.3 is 5.97 Å². The lowest BCUT2D eigenvalue weighted by Gasteiger charge is -2.21. The zero-order valence-electron chi connectivity index (χ0n) is 14.5. The molecule has 0 spiro atoms. The summed E-state index contributed by atoms with van der Waals surface area (Å²) in [5.41, 5.74) is 2.17. The second kappa shape index (κ2) is 8.77. The number of rotatable bonds is 8. The summed E-state index contributed by atoms with van der Waals surface area (Å²) in [6.45, 7) is 4.06. The van der Waals surface area contributed by atoms with Crippen molar-refractivity contribution in [2.75, 3.05) is 0 Å². The van der Waals surface area contributed by atoms with Crippen LogP contribution in [0.1, 0.15) is 49.5 Å². The zero-order chi connectivity index (χ0) is 18.4. The standard InChI is InChI=1S/C20H23ClO4/c1-3-5-14-11-17(22)12-15(6-4-2)18(14)25-19(20(23)24)13-7-9-16(21)10-8-13/h7-12,19,22H,3-6H2,1-2H3,(H,23,24). The van der Waals surface area contributed by atoms with Crippen LogP contribution in [-0.2, 0) is 17.6 Å². The molecule has 0 amide bonds.